The van der Waals surface area contributed by atoms with Crippen molar-refractivity contribution in [1.29, 1.82) is 0 Å². The van der Waals surface area contributed by atoms with Crippen LogP contribution >= 0.6 is 0 Å². The first-order chi connectivity index (χ1) is 15.3. The molecular weight excluding hydrogens is 408 g/mol. The molecule has 1 aliphatic carbocycles. The van der Waals surface area contributed by atoms with Crippen LogP contribution in [-0.4, -0.2) is 55.3 Å². The van der Waals surface area contributed by atoms with E-state index in [4.69, 9.17) is 23.7 Å². The van der Waals surface area contributed by atoms with E-state index in [1.54, 1.807) is 14.0 Å². The molecule has 4 unspecified atom stereocenters. The zero-order valence-corrected chi connectivity index (χ0v) is 19.8. The summed E-state index contributed by atoms with van der Waals surface area (Å²) in [5, 5.41) is 0. The van der Waals surface area contributed by atoms with E-state index in [-0.39, 0.29) is 48.0 Å². The second-order valence-electron chi connectivity index (χ2n) is 9.79. The van der Waals surface area contributed by atoms with Crippen LogP contribution in [0, 0.1) is 5.92 Å². The normalized spacial score (nSPS) is 36.4. The molecule has 0 N–H and O–H groups in total. The van der Waals surface area contributed by atoms with Gasteiger partial charge in [0.2, 0.25) is 0 Å². The third-order valence-electron chi connectivity index (χ3n) is 7.17. The summed E-state index contributed by atoms with van der Waals surface area (Å²) in [5.41, 5.74) is 1.72. The predicted octanol–water partition coefficient (Wildman–Crippen LogP) is 4.21. The van der Waals surface area contributed by atoms with E-state index in [2.05, 4.69) is 26.8 Å². The standard InChI is InChI=1S/C26H36O6/c1-17(2)11-12-21-25(4,32-21)23-22(28-5)20(13-14-26(23)16-30-26)31-18(3)24(27)29-15-19-9-7-6-8-10-19/h6-11,18,20-23H,12-16H2,1-5H3/t18?,20?,21-,22?,23?,25+,26+/m1/s1. The maximum absolute atomic E-state index is 12.6. The Balaban J connectivity index is 1.40. The van der Waals surface area contributed by atoms with Crippen LogP contribution in [0.5, 0.6) is 0 Å². The van der Waals surface area contributed by atoms with Crippen molar-refractivity contribution in [3.8, 4) is 0 Å². The van der Waals surface area contributed by atoms with Crippen molar-refractivity contribution in [2.75, 3.05) is 13.7 Å². The van der Waals surface area contributed by atoms with Crippen LogP contribution in [0.4, 0.5) is 0 Å². The molecule has 3 aliphatic rings. The minimum Gasteiger partial charge on any atom is -0.459 e. The number of benzene rings is 1. The molecule has 4 rings (SSSR count). The Kier molecular flexibility index (Phi) is 6.78. The highest BCUT2D eigenvalue weighted by Gasteiger charge is 2.72. The Morgan fingerprint density at radius 2 is 2.00 bits per heavy atom. The van der Waals surface area contributed by atoms with Crippen molar-refractivity contribution in [3.05, 3.63) is 47.5 Å². The summed E-state index contributed by atoms with van der Waals surface area (Å²) < 4.78 is 29.9. The van der Waals surface area contributed by atoms with E-state index < -0.39 is 6.10 Å². The fraction of sp³-hybridized carbons (Fsp3) is 0.654. The Morgan fingerprint density at radius 1 is 1.28 bits per heavy atom. The Morgan fingerprint density at radius 3 is 2.62 bits per heavy atom. The Labute approximate surface area is 191 Å². The van der Waals surface area contributed by atoms with Gasteiger partial charge in [0.05, 0.1) is 36.4 Å². The lowest BCUT2D eigenvalue weighted by molar-refractivity contribution is -0.180. The molecule has 1 aromatic rings. The first-order valence-corrected chi connectivity index (χ1v) is 11.6. The van der Waals surface area contributed by atoms with Crippen molar-refractivity contribution in [2.24, 2.45) is 5.92 Å². The van der Waals surface area contributed by atoms with Crippen molar-refractivity contribution in [1.82, 2.24) is 0 Å². The molecule has 32 heavy (non-hydrogen) atoms. The zero-order valence-electron chi connectivity index (χ0n) is 19.8. The predicted molar refractivity (Wildman–Crippen MR) is 120 cm³/mol. The average molecular weight is 445 g/mol. The third kappa shape index (κ3) is 4.79. The first kappa shape index (κ1) is 23.4. The molecule has 2 aliphatic heterocycles. The van der Waals surface area contributed by atoms with Gasteiger partial charge in [-0.3, -0.25) is 0 Å². The van der Waals surface area contributed by atoms with Crippen LogP contribution in [0.2, 0.25) is 0 Å². The van der Waals surface area contributed by atoms with Crippen LogP contribution in [0.1, 0.15) is 52.5 Å². The fourth-order valence-electron chi connectivity index (χ4n) is 5.25. The van der Waals surface area contributed by atoms with E-state index in [1.807, 2.05) is 30.3 Å². The Bertz CT molecular complexity index is 828. The van der Waals surface area contributed by atoms with Gasteiger partial charge in [-0.2, -0.15) is 0 Å². The lowest BCUT2D eigenvalue weighted by Gasteiger charge is -2.43. The average Bonchev–Trinajstić information content (AvgIpc) is 3.69. The van der Waals surface area contributed by atoms with Crippen LogP contribution in [0.25, 0.3) is 0 Å². The van der Waals surface area contributed by atoms with Gasteiger partial charge in [-0.15, -0.1) is 0 Å². The largest absolute Gasteiger partial charge is 0.459 e. The summed E-state index contributed by atoms with van der Waals surface area (Å²) in [4.78, 5) is 12.6. The van der Waals surface area contributed by atoms with E-state index in [1.165, 1.54) is 5.57 Å². The van der Waals surface area contributed by atoms with Crippen LogP contribution in [-0.2, 0) is 35.1 Å². The summed E-state index contributed by atoms with van der Waals surface area (Å²) >= 11 is 0. The molecule has 2 heterocycles. The van der Waals surface area contributed by atoms with Crippen LogP contribution < -0.4 is 0 Å². The summed E-state index contributed by atoms with van der Waals surface area (Å²) in [6.45, 7) is 9.09. The second-order valence-corrected chi connectivity index (χ2v) is 9.79. The number of hydrogen-bond donors (Lipinski definition) is 0. The lowest BCUT2D eigenvalue weighted by Crippen LogP contribution is -2.56. The van der Waals surface area contributed by atoms with Crippen LogP contribution in [0.3, 0.4) is 0 Å². The van der Waals surface area contributed by atoms with Gasteiger partial charge in [0.15, 0.2) is 6.10 Å². The van der Waals surface area contributed by atoms with E-state index in [0.29, 0.717) is 0 Å². The third-order valence-corrected chi connectivity index (χ3v) is 7.17. The molecule has 6 heteroatoms. The maximum Gasteiger partial charge on any atom is 0.335 e. The number of hydrogen-bond acceptors (Lipinski definition) is 6. The summed E-state index contributed by atoms with van der Waals surface area (Å²) in [6, 6.07) is 9.66. The SMILES string of the molecule is COC1C(OC(C)C(=O)OCc2ccccc2)CC[C@]2(CO2)C1[C@@]1(C)O[C@@H]1CC=C(C)C. The highest BCUT2D eigenvalue weighted by Crippen LogP contribution is 2.59. The minimum absolute atomic E-state index is 0.0573. The smallest absolute Gasteiger partial charge is 0.335 e. The number of rotatable bonds is 9. The number of esters is 1. The van der Waals surface area contributed by atoms with Gasteiger partial charge in [0.25, 0.3) is 0 Å². The molecule has 0 radical (unpaired) electrons. The minimum atomic E-state index is -0.675. The number of allylic oxidation sites excluding steroid dienone is 1. The highest BCUT2D eigenvalue weighted by molar-refractivity contribution is 5.74. The first-order valence-electron chi connectivity index (χ1n) is 11.6. The highest BCUT2D eigenvalue weighted by atomic mass is 16.6. The van der Waals surface area contributed by atoms with Crippen LogP contribution in [0.15, 0.2) is 42.0 Å². The molecule has 7 atom stereocenters. The molecule has 1 saturated carbocycles. The van der Waals surface area contributed by atoms with Gasteiger partial charge in [-0.1, -0.05) is 42.0 Å². The quantitative estimate of drug-likeness (QED) is 0.323. The topological polar surface area (TPSA) is 69.8 Å². The summed E-state index contributed by atoms with van der Waals surface area (Å²) in [7, 11) is 1.71. The molecule has 1 spiro atoms. The fourth-order valence-corrected chi connectivity index (χ4v) is 5.25. The molecule has 0 amide bonds. The molecule has 2 saturated heterocycles. The molecule has 3 fully saturated rings. The number of epoxide rings is 2. The van der Waals surface area contributed by atoms with Gasteiger partial charge >= 0.3 is 5.97 Å². The van der Waals surface area contributed by atoms with E-state index in [9.17, 15) is 4.79 Å². The molecule has 6 nitrogen and oxygen atoms in total. The Hall–Kier alpha value is -1.73. The zero-order chi connectivity index (χ0) is 22.9. The van der Waals surface area contributed by atoms with Gasteiger partial charge < -0.3 is 23.7 Å². The van der Waals surface area contributed by atoms with Crippen molar-refractivity contribution < 1.29 is 28.5 Å². The second kappa shape index (κ2) is 9.26. The van der Waals surface area contributed by atoms with E-state index in [0.717, 1.165) is 31.4 Å². The monoisotopic (exact) mass is 444 g/mol. The van der Waals surface area contributed by atoms with Gasteiger partial charge in [0.1, 0.15) is 12.2 Å². The van der Waals surface area contributed by atoms with Crippen molar-refractivity contribution in [2.45, 2.75) is 89.2 Å². The molecule has 1 aromatic carbocycles. The number of carbonyl (C=O) groups excluding carboxylic acids is 1. The number of ether oxygens (including phenoxy) is 5. The summed E-state index contributed by atoms with van der Waals surface area (Å²) in [6.07, 6.45) is 3.80. The summed E-state index contributed by atoms with van der Waals surface area (Å²) in [5.74, 6) is -0.305. The maximum atomic E-state index is 12.6. The molecular formula is C26H36O6. The molecule has 176 valence electrons. The van der Waals surface area contributed by atoms with Gasteiger partial charge in [-0.05, 0) is 52.5 Å². The van der Waals surface area contributed by atoms with Gasteiger partial charge in [-0.25, -0.2) is 4.79 Å². The number of carbonyl (C=O) groups is 1. The molecule has 0 bridgehead atoms. The van der Waals surface area contributed by atoms with E-state index >= 15 is 0 Å². The number of methoxy groups -OCH3 is 1. The van der Waals surface area contributed by atoms with Crippen molar-refractivity contribution >= 4 is 5.97 Å². The van der Waals surface area contributed by atoms with Gasteiger partial charge in [0, 0.05) is 7.11 Å². The van der Waals surface area contributed by atoms with Crippen molar-refractivity contribution in [3.63, 3.8) is 0 Å². The lowest BCUT2D eigenvalue weighted by atomic mass is 9.68. The molecule has 0 aromatic heterocycles.